The largest absolute Gasteiger partial charge is 0.395 e. The number of anilines is 2. The molecule has 1 aromatic rings. The Morgan fingerprint density at radius 2 is 2.08 bits per heavy atom. The maximum Gasteiger partial charge on any atom is 0.265 e. The number of nitrogen functional groups attached to an aromatic ring is 2. The molecule has 0 aromatic carbocycles. The van der Waals surface area contributed by atoms with E-state index in [0.29, 0.717) is 5.56 Å². The number of aromatic nitrogens is 1. The lowest BCUT2D eigenvalue weighted by Crippen LogP contribution is -2.05. The highest BCUT2D eigenvalue weighted by Gasteiger charge is 2.16. The second-order valence-electron chi connectivity index (χ2n) is 2.43. The van der Waals surface area contributed by atoms with Crippen molar-refractivity contribution in [1.82, 2.24) is 4.98 Å². The first-order chi connectivity index (χ1) is 6.07. The van der Waals surface area contributed by atoms with Crippen LogP contribution < -0.4 is 11.5 Å². The molecule has 0 aliphatic heterocycles. The third-order valence-corrected chi connectivity index (χ3v) is 2.22. The predicted molar refractivity (Wildman–Crippen MR) is 50.6 cm³/mol. The number of pyridine rings is 1. The van der Waals surface area contributed by atoms with Gasteiger partial charge in [-0.2, -0.15) is 0 Å². The monoisotopic (exact) mass is 251 g/mol. The Hall–Kier alpha value is -0.910. The van der Waals surface area contributed by atoms with Crippen molar-refractivity contribution < 1.29 is 8.78 Å². The van der Waals surface area contributed by atoms with Gasteiger partial charge in [-0.3, -0.25) is 0 Å². The average molecular weight is 252 g/mol. The van der Waals surface area contributed by atoms with E-state index in [2.05, 4.69) is 20.9 Å². The lowest BCUT2D eigenvalue weighted by molar-refractivity contribution is 0.150. The topological polar surface area (TPSA) is 64.9 Å². The maximum absolute atomic E-state index is 12.4. The van der Waals surface area contributed by atoms with Crippen molar-refractivity contribution in [1.29, 1.82) is 0 Å². The van der Waals surface area contributed by atoms with Gasteiger partial charge in [0, 0.05) is 17.1 Å². The summed E-state index contributed by atoms with van der Waals surface area (Å²) in [7, 11) is 0. The molecule has 1 rings (SSSR count). The van der Waals surface area contributed by atoms with Crippen molar-refractivity contribution in [2.24, 2.45) is 0 Å². The maximum atomic E-state index is 12.4. The first-order valence-corrected chi connectivity index (χ1v) is 4.57. The zero-order chi connectivity index (χ0) is 10.0. The fraction of sp³-hybridized carbons (Fsp3) is 0.286. The molecule has 1 heterocycles. The zero-order valence-corrected chi connectivity index (χ0v) is 8.18. The summed E-state index contributed by atoms with van der Waals surface area (Å²) in [6.07, 6.45) is -1.53. The molecule has 13 heavy (non-hydrogen) atoms. The molecule has 0 spiro atoms. The van der Waals surface area contributed by atoms with Crippen LogP contribution >= 0.6 is 15.9 Å². The second-order valence-corrected chi connectivity index (χ2v) is 2.99. The molecule has 0 fully saturated rings. The molecule has 72 valence electrons. The summed E-state index contributed by atoms with van der Waals surface area (Å²) >= 11 is 3.06. The van der Waals surface area contributed by atoms with E-state index in [-0.39, 0.29) is 22.4 Å². The van der Waals surface area contributed by atoms with Crippen LogP contribution in [0.15, 0.2) is 6.20 Å². The van der Waals surface area contributed by atoms with Gasteiger partial charge in [-0.15, -0.1) is 0 Å². The van der Waals surface area contributed by atoms with Crippen LogP contribution in [-0.2, 0) is 5.33 Å². The van der Waals surface area contributed by atoms with Crippen molar-refractivity contribution in [2.45, 2.75) is 11.8 Å². The van der Waals surface area contributed by atoms with Gasteiger partial charge in [-0.25, -0.2) is 13.8 Å². The Morgan fingerprint density at radius 1 is 1.46 bits per heavy atom. The van der Waals surface area contributed by atoms with E-state index in [1.54, 1.807) is 0 Å². The van der Waals surface area contributed by atoms with E-state index in [0.717, 1.165) is 6.20 Å². The Morgan fingerprint density at radius 3 is 2.54 bits per heavy atom. The number of nitrogens with two attached hydrogens (primary N) is 2. The summed E-state index contributed by atoms with van der Waals surface area (Å²) in [5.41, 5.74) is 11.1. The number of alkyl halides is 3. The van der Waals surface area contributed by atoms with E-state index in [9.17, 15) is 8.78 Å². The fourth-order valence-electron chi connectivity index (χ4n) is 0.934. The van der Waals surface area contributed by atoms with Gasteiger partial charge in [0.25, 0.3) is 6.43 Å². The molecular weight excluding hydrogens is 244 g/mol. The second kappa shape index (κ2) is 3.87. The molecule has 0 aliphatic rings. The Balaban J connectivity index is 3.30. The molecule has 0 saturated heterocycles. The highest BCUT2D eigenvalue weighted by atomic mass is 79.9. The molecule has 3 nitrogen and oxygen atoms in total. The predicted octanol–water partition coefficient (Wildman–Crippen LogP) is 2.08. The number of hydrogen-bond acceptors (Lipinski definition) is 3. The first kappa shape index (κ1) is 10.2. The van der Waals surface area contributed by atoms with E-state index < -0.39 is 6.43 Å². The van der Waals surface area contributed by atoms with Gasteiger partial charge in [0.15, 0.2) is 0 Å². The Bertz CT molecular complexity index is 317. The number of rotatable bonds is 2. The summed E-state index contributed by atoms with van der Waals surface area (Å²) in [6, 6.07) is 0. The summed E-state index contributed by atoms with van der Waals surface area (Å²) in [6.45, 7) is 0. The van der Waals surface area contributed by atoms with Crippen LogP contribution in [0, 0.1) is 0 Å². The van der Waals surface area contributed by atoms with Crippen LogP contribution in [0.5, 0.6) is 0 Å². The van der Waals surface area contributed by atoms with Crippen LogP contribution in [0.25, 0.3) is 0 Å². The molecule has 0 radical (unpaired) electrons. The van der Waals surface area contributed by atoms with Crippen LogP contribution in [0.1, 0.15) is 17.6 Å². The molecule has 0 aliphatic carbocycles. The number of halogens is 3. The standard InChI is InChI=1S/C7H8BrF2N3/c8-1-3-4(6(9)10)2-13-7(12)5(3)11/h2,6H,1,11H2,(H2,12,13). The van der Waals surface area contributed by atoms with Gasteiger partial charge in [0.05, 0.1) is 5.69 Å². The quantitative estimate of drug-likeness (QED) is 0.792. The average Bonchev–Trinajstić information content (AvgIpc) is 2.09. The first-order valence-electron chi connectivity index (χ1n) is 3.44. The minimum atomic E-state index is -2.58. The minimum absolute atomic E-state index is 0.0823. The van der Waals surface area contributed by atoms with E-state index in [1.807, 2.05) is 0 Å². The van der Waals surface area contributed by atoms with Gasteiger partial charge >= 0.3 is 0 Å². The van der Waals surface area contributed by atoms with Gasteiger partial charge < -0.3 is 11.5 Å². The van der Waals surface area contributed by atoms with E-state index in [4.69, 9.17) is 11.5 Å². The molecule has 6 heteroatoms. The number of nitrogens with zero attached hydrogens (tertiary/aromatic N) is 1. The van der Waals surface area contributed by atoms with E-state index >= 15 is 0 Å². The van der Waals surface area contributed by atoms with Crippen molar-refractivity contribution in [3.05, 3.63) is 17.3 Å². The summed E-state index contributed by atoms with van der Waals surface area (Å²) in [5, 5.41) is 0.241. The number of hydrogen-bond donors (Lipinski definition) is 2. The molecule has 0 unspecified atom stereocenters. The molecule has 0 amide bonds. The van der Waals surface area contributed by atoms with Gasteiger partial charge in [0.2, 0.25) is 0 Å². The van der Waals surface area contributed by atoms with Crippen LogP contribution in [0.3, 0.4) is 0 Å². The molecule has 0 saturated carbocycles. The van der Waals surface area contributed by atoms with Gasteiger partial charge in [0.1, 0.15) is 5.82 Å². The lowest BCUT2D eigenvalue weighted by atomic mass is 10.1. The van der Waals surface area contributed by atoms with E-state index in [1.165, 1.54) is 0 Å². The van der Waals surface area contributed by atoms with Gasteiger partial charge in [-0.1, -0.05) is 15.9 Å². The van der Waals surface area contributed by atoms with Crippen molar-refractivity contribution in [3.8, 4) is 0 Å². The third-order valence-electron chi connectivity index (χ3n) is 1.66. The molecule has 0 bridgehead atoms. The Labute approximate surface area is 82.3 Å². The smallest absolute Gasteiger partial charge is 0.265 e. The molecule has 4 N–H and O–H groups in total. The van der Waals surface area contributed by atoms with Crippen molar-refractivity contribution in [3.63, 3.8) is 0 Å². The molecule has 0 atom stereocenters. The highest BCUT2D eigenvalue weighted by Crippen LogP contribution is 2.30. The summed E-state index contributed by atoms with van der Waals surface area (Å²) < 4.78 is 24.7. The van der Waals surface area contributed by atoms with Crippen molar-refractivity contribution >= 4 is 27.4 Å². The summed E-state index contributed by atoms with van der Waals surface area (Å²) in [5.74, 6) is 0.0823. The fourth-order valence-corrected chi connectivity index (χ4v) is 1.56. The van der Waals surface area contributed by atoms with Crippen LogP contribution in [0.2, 0.25) is 0 Å². The SMILES string of the molecule is Nc1ncc(C(F)F)c(CBr)c1N. The molecule has 1 aromatic heterocycles. The van der Waals surface area contributed by atoms with Crippen molar-refractivity contribution in [2.75, 3.05) is 11.5 Å². The summed E-state index contributed by atoms with van der Waals surface area (Å²) in [4.78, 5) is 3.56. The molecular formula is C7H8BrF2N3. The minimum Gasteiger partial charge on any atom is -0.395 e. The van der Waals surface area contributed by atoms with Gasteiger partial charge in [-0.05, 0) is 5.56 Å². The lowest BCUT2D eigenvalue weighted by Gasteiger charge is -2.10. The third kappa shape index (κ3) is 1.88. The van der Waals surface area contributed by atoms with Crippen LogP contribution in [-0.4, -0.2) is 4.98 Å². The highest BCUT2D eigenvalue weighted by molar-refractivity contribution is 9.08. The zero-order valence-electron chi connectivity index (χ0n) is 6.60. The van der Waals surface area contributed by atoms with Crippen LogP contribution in [0.4, 0.5) is 20.3 Å². The Kier molecular flexibility index (Phi) is 3.02. The normalized spacial score (nSPS) is 10.8.